The molecule has 4 rings (SSSR count). The number of H-pyrrole nitrogens is 1. The van der Waals surface area contributed by atoms with Crippen LogP contribution in [0.15, 0.2) is 36.5 Å². The van der Waals surface area contributed by atoms with E-state index in [1.165, 1.54) is 0 Å². The summed E-state index contributed by atoms with van der Waals surface area (Å²) in [6, 6.07) is 8.15. The Morgan fingerprint density at radius 1 is 1.00 bits per heavy atom. The molecule has 0 aliphatic heterocycles. The molecule has 0 aliphatic rings. The molecule has 4 aromatic rings. The second kappa shape index (κ2) is 6.30. The largest absolute Gasteiger partial charge is 0.381 e. The van der Waals surface area contributed by atoms with Crippen LogP contribution in [0.4, 0.5) is 14.6 Å². The lowest BCUT2D eigenvalue weighted by Crippen LogP contribution is -2.03. The van der Waals surface area contributed by atoms with E-state index < -0.39 is 11.6 Å². The Kier molecular flexibility index (Phi) is 3.94. The van der Waals surface area contributed by atoms with Crippen molar-refractivity contribution in [3.05, 3.63) is 58.9 Å². The molecular formula is C18H9ClF2N6. The first-order chi connectivity index (χ1) is 13.0. The Labute approximate surface area is 156 Å². The van der Waals surface area contributed by atoms with E-state index in [0.717, 1.165) is 18.2 Å². The van der Waals surface area contributed by atoms with Crippen molar-refractivity contribution in [3.8, 4) is 28.6 Å². The highest BCUT2D eigenvalue weighted by molar-refractivity contribution is 6.35. The number of nitrogens with zero attached hydrogens (tertiary/aromatic N) is 4. The van der Waals surface area contributed by atoms with Crippen molar-refractivity contribution in [2.24, 2.45) is 0 Å². The van der Waals surface area contributed by atoms with Gasteiger partial charge in [-0.2, -0.15) is 10.4 Å². The van der Waals surface area contributed by atoms with E-state index >= 15 is 0 Å². The third kappa shape index (κ3) is 2.94. The predicted molar refractivity (Wildman–Crippen MR) is 96.6 cm³/mol. The topological polar surface area (TPSA) is 104 Å². The average molecular weight is 383 g/mol. The van der Waals surface area contributed by atoms with E-state index in [2.05, 4.69) is 20.2 Å². The summed E-state index contributed by atoms with van der Waals surface area (Å²) in [7, 11) is 0. The normalized spacial score (nSPS) is 10.9. The van der Waals surface area contributed by atoms with Gasteiger partial charge < -0.3 is 5.73 Å². The number of benzene rings is 2. The van der Waals surface area contributed by atoms with Gasteiger partial charge in [-0.3, -0.25) is 5.10 Å². The van der Waals surface area contributed by atoms with Crippen LogP contribution in [0.2, 0.25) is 5.02 Å². The molecule has 0 spiro atoms. The van der Waals surface area contributed by atoms with Crippen LogP contribution in [0.1, 0.15) is 5.69 Å². The highest BCUT2D eigenvalue weighted by Crippen LogP contribution is 2.35. The van der Waals surface area contributed by atoms with Gasteiger partial charge in [-0.15, -0.1) is 0 Å². The van der Waals surface area contributed by atoms with Gasteiger partial charge in [0.15, 0.2) is 11.5 Å². The summed E-state index contributed by atoms with van der Waals surface area (Å²) >= 11 is 6.28. The minimum atomic E-state index is -0.774. The summed E-state index contributed by atoms with van der Waals surface area (Å²) in [5.41, 5.74) is 7.27. The van der Waals surface area contributed by atoms with Gasteiger partial charge in [0.25, 0.3) is 0 Å². The first-order valence-electron chi connectivity index (χ1n) is 7.63. The number of anilines is 1. The summed E-state index contributed by atoms with van der Waals surface area (Å²) < 4.78 is 27.4. The molecule has 0 saturated heterocycles. The molecule has 2 aromatic heterocycles. The van der Waals surface area contributed by atoms with Gasteiger partial charge in [0.2, 0.25) is 0 Å². The van der Waals surface area contributed by atoms with Gasteiger partial charge in [-0.1, -0.05) is 11.6 Å². The summed E-state index contributed by atoms with van der Waals surface area (Å²) in [6.07, 6.45) is 1.57. The van der Waals surface area contributed by atoms with Crippen molar-refractivity contribution >= 4 is 28.3 Å². The van der Waals surface area contributed by atoms with Crippen LogP contribution in [0, 0.1) is 23.0 Å². The quantitative estimate of drug-likeness (QED) is 0.543. The van der Waals surface area contributed by atoms with Crippen molar-refractivity contribution in [2.45, 2.75) is 0 Å². The van der Waals surface area contributed by atoms with Crippen molar-refractivity contribution in [1.82, 2.24) is 20.2 Å². The average Bonchev–Trinajstić information content (AvgIpc) is 3.10. The molecule has 9 heteroatoms. The maximum atomic E-state index is 13.7. The van der Waals surface area contributed by atoms with E-state index in [9.17, 15) is 14.0 Å². The zero-order valence-corrected chi connectivity index (χ0v) is 14.2. The number of hydrogen-bond acceptors (Lipinski definition) is 5. The molecular weight excluding hydrogens is 374 g/mol. The third-order valence-corrected chi connectivity index (χ3v) is 4.24. The summed E-state index contributed by atoms with van der Waals surface area (Å²) in [5, 5.41) is 17.0. The molecule has 0 unspecified atom stereocenters. The number of halogens is 3. The standard InChI is InChI=1S/C18H9ClF2N6/c19-13-4-8(1-10-7-24-27-15(10)13)16-17(26-18(23)14(6-22)25-16)9-2-11(20)5-12(21)3-9/h1-5,7H,(H2,23,26)(H,24,27). The molecule has 0 bridgehead atoms. The van der Waals surface area contributed by atoms with Crippen molar-refractivity contribution in [1.29, 1.82) is 5.26 Å². The van der Waals surface area contributed by atoms with Gasteiger partial charge in [0.05, 0.1) is 28.1 Å². The van der Waals surface area contributed by atoms with Crippen LogP contribution >= 0.6 is 11.6 Å². The molecule has 132 valence electrons. The third-order valence-electron chi connectivity index (χ3n) is 3.94. The van der Waals surface area contributed by atoms with Gasteiger partial charge in [0, 0.05) is 22.6 Å². The molecule has 3 N–H and O–H groups in total. The number of aromatic nitrogens is 4. The van der Waals surface area contributed by atoms with Crippen LogP contribution < -0.4 is 5.73 Å². The Morgan fingerprint density at radius 3 is 2.37 bits per heavy atom. The second-order valence-corrected chi connectivity index (χ2v) is 6.12. The molecule has 0 aliphatic carbocycles. The molecule has 27 heavy (non-hydrogen) atoms. The fourth-order valence-electron chi connectivity index (χ4n) is 2.77. The smallest absolute Gasteiger partial charge is 0.183 e. The van der Waals surface area contributed by atoms with E-state index in [4.69, 9.17) is 17.3 Å². The van der Waals surface area contributed by atoms with Crippen LogP contribution in [-0.2, 0) is 0 Å². The molecule has 0 radical (unpaired) electrons. The molecule has 0 amide bonds. The summed E-state index contributed by atoms with van der Waals surface area (Å²) in [5.74, 6) is -1.69. The van der Waals surface area contributed by atoms with Crippen molar-refractivity contribution in [3.63, 3.8) is 0 Å². The lowest BCUT2D eigenvalue weighted by atomic mass is 10.0. The van der Waals surface area contributed by atoms with Gasteiger partial charge in [0.1, 0.15) is 17.7 Å². The summed E-state index contributed by atoms with van der Waals surface area (Å²) in [4.78, 5) is 8.41. The lowest BCUT2D eigenvalue weighted by Gasteiger charge is -2.11. The van der Waals surface area contributed by atoms with Crippen molar-refractivity contribution in [2.75, 3.05) is 5.73 Å². The molecule has 2 heterocycles. The molecule has 0 atom stereocenters. The zero-order chi connectivity index (χ0) is 19.1. The van der Waals surface area contributed by atoms with Crippen LogP contribution in [0.3, 0.4) is 0 Å². The maximum absolute atomic E-state index is 13.7. The molecule has 0 fully saturated rings. The van der Waals surface area contributed by atoms with Gasteiger partial charge in [-0.05, 0) is 24.3 Å². The number of fused-ring (bicyclic) bond motifs is 1. The minimum Gasteiger partial charge on any atom is -0.381 e. The predicted octanol–water partition coefficient (Wildman–Crippen LogP) is 4.07. The number of hydrogen-bond donors (Lipinski definition) is 2. The number of aromatic amines is 1. The maximum Gasteiger partial charge on any atom is 0.183 e. The number of rotatable bonds is 2. The Morgan fingerprint density at radius 2 is 1.67 bits per heavy atom. The van der Waals surface area contributed by atoms with Gasteiger partial charge in [-0.25, -0.2) is 18.7 Å². The summed E-state index contributed by atoms with van der Waals surface area (Å²) in [6.45, 7) is 0. The number of nitrogens with one attached hydrogen (secondary N) is 1. The SMILES string of the molecule is N#Cc1nc(-c2cc(Cl)c3[nH]ncc3c2)c(-c2cc(F)cc(F)c2)nc1N. The monoisotopic (exact) mass is 382 g/mol. The first kappa shape index (κ1) is 16.9. The first-order valence-corrected chi connectivity index (χ1v) is 8.01. The Balaban J connectivity index is 2.04. The van der Waals surface area contributed by atoms with Crippen molar-refractivity contribution < 1.29 is 8.78 Å². The number of nitriles is 1. The van der Waals surface area contributed by atoms with E-state index in [0.29, 0.717) is 21.5 Å². The Hall–Kier alpha value is -3.57. The number of nitrogens with two attached hydrogens (primary N) is 1. The highest BCUT2D eigenvalue weighted by Gasteiger charge is 2.18. The zero-order valence-electron chi connectivity index (χ0n) is 13.5. The molecule has 0 saturated carbocycles. The second-order valence-electron chi connectivity index (χ2n) is 5.72. The molecule has 2 aromatic carbocycles. The van der Waals surface area contributed by atoms with Crippen LogP contribution in [0.25, 0.3) is 33.4 Å². The van der Waals surface area contributed by atoms with E-state index in [1.807, 2.05) is 6.07 Å². The Bertz CT molecular complexity index is 1220. The van der Waals surface area contributed by atoms with E-state index in [-0.39, 0.29) is 28.5 Å². The molecule has 6 nitrogen and oxygen atoms in total. The highest BCUT2D eigenvalue weighted by atomic mass is 35.5. The van der Waals surface area contributed by atoms with E-state index in [1.54, 1.807) is 18.3 Å². The number of nitrogen functional groups attached to an aromatic ring is 1. The van der Waals surface area contributed by atoms with Gasteiger partial charge >= 0.3 is 0 Å². The lowest BCUT2D eigenvalue weighted by molar-refractivity contribution is 0.584. The fourth-order valence-corrected chi connectivity index (χ4v) is 3.04. The van der Waals surface area contributed by atoms with Crippen LogP contribution in [0.5, 0.6) is 0 Å². The fraction of sp³-hybridized carbons (Fsp3) is 0. The van der Waals surface area contributed by atoms with Crippen LogP contribution in [-0.4, -0.2) is 20.2 Å². The minimum absolute atomic E-state index is 0.103.